The van der Waals surface area contributed by atoms with Crippen LogP contribution in [0.5, 0.6) is 0 Å². The number of ether oxygens (including phenoxy) is 1. The lowest BCUT2D eigenvalue weighted by atomic mass is 9.74. The number of carbonyl (C=O) groups is 3. The Labute approximate surface area is 202 Å². The quantitative estimate of drug-likeness (QED) is 0.567. The molecule has 1 unspecified atom stereocenters. The van der Waals surface area contributed by atoms with Gasteiger partial charge in [0.15, 0.2) is 0 Å². The van der Waals surface area contributed by atoms with Crippen LogP contribution in [0.1, 0.15) is 47.0 Å². The van der Waals surface area contributed by atoms with Gasteiger partial charge in [-0.15, -0.1) is 0 Å². The van der Waals surface area contributed by atoms with Crippen LogP contribution in [-0.2, 0) is 19.1 Å². The molecule has 4 rings (SSSR count). The van der Waals surface area contributed by atoms with Crippen LogP contribution in [0.3, 0.4) is 0 Å². The molecule has 0 aromatic rings. The summed E-state index contributed by atoms with van der Waals surface area (Å²) in [4.78, 5) is 46.9. The molecule has 2 fully saturated rings. The van der Waals surface area contributed by atoms with E-state index in [2.05, 4.69) is 6.92 Å². The van der Waals surface area contributed by atoms with Crippen LogP contribution in [-0.4, -0.2) is 94.1 Å². The van der Waals surface area contributed by atoms with E-state index in [-0.39, 0.29) is 30.2 Å². The summed E-state index contributed by atoms with van der Waals surface area (Å²) < 4.78 is 6.77. The first kappa shape index (κ1) is 24.9. The van der Waals surface area contributed by atoms with Crippen molar-refractivity contribution in [3.8, 4) is 0 Å². The molecule has 3 amide bonds. The Bertz CT molecular complexity index is 903. The van der Waals surface area contributed by atoms with E-state index in [0.717, 1.165) is 19.3 Å². The van der Waals surface area contributed by atoms with E-state index in [4.69, 9.17) is 4.74 Å². The highest BCUT2D eigenvalue weighted by molar-refractivity contribution is 6.00. The predicted molar refractivity (Wildman–Crippen MR) is 128 cm³/mol. The van der Waals surface area contributed by atoms with Crippen LogP contribution in [0.25, 0.3) is 0 Å². The number of unbranched alkanes of at least 4 members (excludes halogenated alkanes) is 1. The second kappa shape index (κ2) is 9.11. The smallest absolute Gasteiger partial charge is 0.249 e. The van der Waals surface area contributed by atoms with Crippen LogP contribution in [0.15, 0.2) is 24.3 Å². The summed E-state index contributed by atoms with van der Waals surface area (Å²) in [6.07, 6.45) is 10.1. The van der Waals surface area contributed by atoms with Crippen molar-refractivity contribution in [1.29, 1.82) is 0 Å². The molecule has 188 valence electrons. The number of likely N-dealkylation sites (N-methyl/N-ethyl adjacent to an activating group) is 1. The highest BCUT2D eigenvalue weighted by Gasteiger charge is 2.75. The zero-order valence-electron chi connectivity index (χ0n) is 21.1. The molecule has 0 radical (unpaired) electrons. The van der Waals surface area contributed by atoms with Gasteiger partial charge in [0.2, 0.25) is 17.7 Å². The van der Waals surface area contributed by atoms with Crippen LogP contribution < -0.4 is 0 Å². The molecule has 0 aromatic carbocycles. The minimum Gasteiger partial charge on any atom is -0.394 e. The number of rotatable bonds is 7. The third-order valence-electron chi connectivity index (χ3n) is 8.41. The molecule has 1 N–H and O–H groups in total. The van der Waals surface area contributed by atoms with Gasteiger partial charge in [-0.2, -0.15) is 0 Å². The molecule has 4 aliphatic rings. The highest BCUT2D eigenvalue weighted by Crippen LogP contribution is 2.58. The first-order chi connectivity index (χ1) is 16.2. The van der Waals surface area contributed by atoms with Crippen LogP contribution >= 0.6 is 0 Å². The maximum absolute atomic E-state index is 14.2. The molecule has 0 bridgehead atoms. The zero-order valence-corrected chi connectivity index (χ0v) is 21.1. The largest absolute Gasteiger partial charge is 0.394 e. The van der Waals surface area contributed by atoms with Gasteiger partial charge in [0.25, 0.3) is 0 Å². The van der Waals surface area contributed by atoms with E-state index in [1.807, 2.05) is 45.1 Å². The molecular formula is C26H39N3O5. The van der Waals surface area contributed by atoms with Crippen LogP contribution in [0.2, 0.25) is 0 Å². The molecule has 34 heavy (non-hydrogen) atoms. The van der Waals surface area contributed by atoms with Crippen LogP contribution in [0, 0.1) is 17.8 Å². The monoisotopic (exact) mass is 473 g/mol. The Hall–Kier alpha value is -2.19. The lowest BCUT2D eigenvalue weighted by Gasteiger charge is -2.41. The van der Waals surface area contributed by atoms with E-state index in [1.54, 1.807) is 21.7 Å². The van der Waals surface area contributed by atoms with Gasteiger partial charge in [-0.3, -0.25) is 14.4 Å². The maximum atomic E-state index is 14.2. The van der Waals surface area contributed by atoms with Gasteiger partial charge in [-0.1, -0.05) is 57.9 Å². The Kier molecular flexibility index (Phi) is 6.68. The van der Waals surface area contributed by atoms with Crippen molar-refractivity contribution < 1.29 is 24.2 Å². The first-order valence-electron chi connectivity index (χ1n) is 12.7. The highest BCUT2D eigenvalue weighted by atomic mass is 16.5. The van der Waals surface area contributed by atoms with Gasteiger partial charge >= 0.3 is 0 Å². The van der Waals surface area contributed by atoms with E-state index in [1.165, 1.54) is 0 Å². The summed E-state index contributed by atoms with van der Waals surface area (Å²) in [6, 6.07) is -1.44. The molecule has 8 heteroatoms. The van der Waals surface area contributed by atoms with Gasteiger partial charge in [0.1, 0.15) is 11.6 Å². The lowest BCUT2D eigenvalue weighted by Crippen LogP contribution is -2.59. The number of carbonyl (C=O) groups excluding carboxylic acids is 3. The summed E-state index contributed by atoms with van der Waals surface area (Å²) in [6.45, 7) is 9.15. The van der Waals surface area contributed by atoms with Crippen LogP contribution in [0.4, 0.5) is 0 Å². The van der Waals surface area contributed by atoms with Gasteiger partial charge in [-0.05, 0) is 19.3 Å². The summed E-state index contributed by atoms with van der Waals surface area (Å²) in [5.41, 5.74) is -2.26. The van der Waals surface area contributed by atoms with Crippen molar-refractivity contribution in [3.63, 3.8) is 0 Å². The molecular weight excluding hydrogens is 434 g/mol. The Morgan fingerprint density at radius 3 is 2.44 bits per heavy atom. The molecule has 4 heterocycles. The van der Waals surface area contributed by atoms with Gasteiger partial charge in [0.05, 0.1) is 30.1 Å². The molecule has 0 aromatic heterocycles. The average molecular weight is 474 g/mol. The zero-order chi connectivity index (χ0) is 24.8. The number of hydrogen-bond donors (Lipinski definition) is 1. The van der Waals surface area contributed by atoms with Crippen molar-refractivity contribution in [2.24, 2.45) is 17.8 Å². The van der Waals surface area contributed by atoms with Gasteiger partial charge in [0, 0.05) is 26.7 Å². The number of hydrogen-bond acceptors (Lipinski definition) is 5. The van der Waals surface area contributed by atoms with E-state index < -0.39 is 35.1 Å². The van der Waals surface area contributed by atoms with Crippen molar-refractivity contribution >= 4 is 17.7 Å². The Balaban J connectivity index is 1.89. The number of aliphatic hydroxyl groups excluding tert-OH is 1. The molecule has 4 aliphatic heterocycles. The summed E-state index contributed by atoms with van der Waals surface area (Å²) in [5, 5.41) is 10.4. The fraction of sp³-hybridized carbons (Fsp3) is 0.731. The van der Waals surface area contributed by atoms with Crippen molar-refractivity contribution in [3.05, 3.63) is 24.3 Å². The predicted octanol–water partition coefficient (Wildman–Crippen LogP) is 1.59. The Morgan fingerprint density at radius 2 is 1.79 bits per heavy atom. The Morgan fingerprint density at radius 1 is 1.09 bits per heavy atom. The number of amides is 3. The number of nitrogens with zero attached hydrogens (tertiary/aromatic N) is 3. The molecule has 0 aliphatic carbocycles. The summed E-state index contributed by atoms with van der Waals surface area (Å²) in [5.74, 6) is -2.18. The average Bonchev–Trinajstić information content (AvgIpc) is 3.09. The maximum Gasteiger partial charge on any atom is 0.249 e. The topological polar surface area (TPSA) is 90.4 Å². The summed E-state index contributed by atoms with van der Waals surface area (Å²) in [7, 11) is 1.73. The molecule has 2 saturated heterocycles. The van der Waals surface area contributed by atoms with E-state index in [9.17, 15) is 19.5 Å². The minimum absolute atomic E-state index is 0.0206. The van der Waals surface area contributed by atoms with Crippen molar-refractivity contribution in [2.45, 2.75) is 70.2 Å². The van der Waals surface area contributed by atoms with E-state index >= 15 is 0 Å². The van der Waals surface area contributed by atoms with Crippen molar-refractivity contribution in [1.82, 2.24) is 14.7 Å². The summed E-state index contributed by atoms with van der Waals surface area (Å²) >= 11 is 0. The third-order valence-corrected chi connectivity index (χ3v) is 8.41. The lowest BCUT2D eigenvalue weighted by molar-refractivity contribution is -0.156. The fourth-order valence-electron chi connectivity index (χ4n) is 6.35. The van der Waals surface area contributed by atoms with E-state index in [0.29, 0.717) is 19.6 Å². The SMILES string of the molecule is CCCCN1CC=C[C@]23O[C@@]4(C)C=CCN(C)C(=O)[C@H]4[C@H]2C(=O)N([C@@H](CO)[C@@H](C)CC)C3C1=O. The van der Waals surface area contributed by atoms with Gasteiger partial charge < -0.3 is 24.5 Å². The number of fused-ring (bicyclic) bond motifs is 2. The number of likely N-dealkylation sites (tertiary alicyclic amines) is 1. The van der Waals surface area contributed by atoms with Crippen molar-refractivity contribution in [2.75, 3.05) is 33.3 Å². The normalized spacial score (nSPS) is 36.8. The minimum atomic E-state index is -1.26. The van der Waals surface area contributed by atoms with Gasteiger partial charge in [-0.25, -0.2) is 0 Å². The first-order valence-corrected chi connectivity index (χ1v) is 12.7. The fourth-order valence-corrected chi connectivity index (χ4v) is 6.35. The second-order valence-corrected chi connectivity index (χ2v) is 10.5. The second-order valence-electron chi connectivity index (χ2n) is 10.5. The number of aliphatic hydroxyl groups is 1. The molecule has 1 spiro atoms. The molecule has 7 atom stereocenters. The molecule has 0 saturated carbocycles. The molecule has 8 nitrogen and oxygen atoms in total. The standard InChI is InChI=1S/C26H39N3O5/c1-6-8-14-28-15-10-12-26-20(19-22(31)27(5)13-9-11-25(19,4)34-26)23(32)29(21(26)24(28)33)18(16-30)17(3)7-2/h9-12,17-21,30H,6-8,13-16H2,1-5H3/t17-,18-,19+,20-,21?,25-,26-/m0/s1. The third kappa shape index (κ3) is 3.52.